The van der Waals surface area contributed by atoms with Crippen LogP contribution in [-0.4, -0.2) is 19.5 Å². The Morgan fingerprint density at radius 3 is 1.60 bits per heavy atom. The fraction of sp³-hybridized carbons (Fsp3) is 0.0217. The molecule has 50 heavy (non-hydrogen) atoms. The zero-order valence-corrected chi connectivity index (χ0v) is 27.1. The molecule has 0 unspecified atom stereocenters. The van der Waals surface area contributed by atoms with Gasteiger partial charge in [-0.1, -0.05) is 121 Å². The Morgan fingerprint density at radius 1 is 0.400 bits per heavy atom. The van der Waals surface area contributed by atoms with Gasteiger partial charge in [-0.3, -0.25) is 9.97 Å². The number of rotatable bonds is 5. The second-order valence-corrected chi connectivity index (χ2v) is 12.8. The Hall–Kier alpha value is -6.65. The molecule has 10 rings (SSSR count). The van der Waals surface area contributed by atoms with E-state index in [1.807, 2.05) is 48.8 Å². The quantitative estimate of drug-likeness (QED) is 0.188. The molecule has 0 spiro atoms. The number of fused-ring (bicyclic) bond motifs is 6. The Kier molecular flexibility index (Phi) is 6.36. The molecule has 4 heterocycles. The summed E-state index contributed by atoms with van der Waals surface area (Å²) >= 11 is 0. The zero-order chi connectivity index (χ0) is 33.1. The van der Waals surface area contributed by atoms with E-state index in [2.05, 4.69) is 138 Å². The van der Waals surface area contributed by atoms with Crippen molar-refractivity contribution < 1.29 is 0 Å². The molecule has 0 atom stereocenters. The minimum atomic E-state index is -0.500. The van der Waals surface area contributed by atoms with Crippen molar-refractivity contribution in [2.24, 2.45) is 0 Å². The van der Waals surface area contributed by atoms with Gasteiger partial charge in [-0.05, 0) is 81.9 Å². The summed E-state index contributed by atoms with van der Waals surface area (Å²) in [6.07, 6.45) is 3.63. The molecular formula is C46H30N4. The number of aromatic nitrogens is 4. The van der Waals surface area contributed by atoms with Crippen LogP contribution in [0.3, 0.4) is 0 Å². The molecule has 4 aromatic heterocycles. The van der Waals surface area contributed by atoms with E-state index in [1.54, 1.807) is 0 Å². The lowest BCUT2D eigenvalue weighted by Crippen LogP contribution is -2.28. The molecule has 234 valence electrons. The number of hydrogen-bond acceptors (Lipinski definition) is 3. The number of pyridine rings is 3. The highest BCUT2D eigenvalue weighted by Gasteiger charge is 2.46. The van der Waals surface area contributed by atoms with E-state index in [9.17, 15) is 0 Å². The minimum absolute atomic E-state index is 0.500. The molecular weight excluding hydrogens is 609 g/mol. The molecule has 0 amide bonds. The third kappa shape index (κ3) is 4.15. The lowest BCUT2D eigenvalue weighted by atomic mass is 9.67. The summed E-state index contributed by atoms with van der Waals surface area (Å²) in [6, 6.07) is 60.7. The number of para-hydroxylation sites is 1. The molecule has 0 aliphatic heterocycles. The highest BCUT2D eigenvalue weighted by atomic mass is 15.0. The number of nitrogens with zero attached hydrogens (tertiary/aromatic N) is 4. The van der Waals surface area contributed by atoms with Crippen molar-refractivity contribution in [1.82, 2.24) is 19.5 Å². The molecule has 1 aliphatic carbocycles. The van der Waals surface area contributed by atoms with Crippen molar-refractivity contribution >= 4 is 21.8 Å². The Labute approximate surface area is 290 Å². The van der Waals surface area contributed by atoms with Gasteiger partial charge in [-0.25, -0.2) is 4.98 Å². The van der Waals surface area contributed by atoms with Gasteiger partial charge in [0.2, 0.25) is 0 Å². The van der Waals surface area contributed by atoms with E-state index in [4.69, 9.17) is 15.0 Å². The van der Waals surface area contributed by atoms with E-state index >= 15 is 0 Å². The van der Waals surface area contributed by atoms with Crippen molar-refractivity contribution in [1.29, 1.82) is 0 Å². The van der Waals surface area contributed by atoms with Crippen LogP contribution in [-0.2, 0) is 5.41 Å². The molecule has 4 nitrogen and oxygen atoms in total. The topological polar surface area (TPSA) is 43.6 Å². The normalized spacial score (nSPS) is 13.0. The summed E-state index contributed by atoms with van der Waals surface area (Å²) in [5.41, 5.74) is 13.6. The van der Waals surface area contributed by atoms with E-state index in [1.165, 1.54) is 44.2 Å². The highest BCUT2D eigenvalue weighted by Crippen LogP contribution is 2.56. The SMILES string of the molecule is c1ccc(C2(c3ccc4c5ccccc5n(-c5cc(-c6ccccn6)nc(-c6ccccn6)c5)c4c3)c3ccccc3-c3ccccc32)cc1. The summed E-state index contributed by atoms with van der Waals surface area (Å²) in [7, 11) is 0. The second-order valence-electron chi connectivity index (χ2n) is 12.8. The van der Waals surface area contributed by atoms with Gasteiger partial charge in [-0.2, -0.15) is 0 Å². The van der Waals surface area contributed by atoms with E-state index in [-0.39, 0.29) is 0 Å². The lowest BCUT2D eigenvalue weighted by Gasteiger charge is -2.34. The van der Waals surface area contributed by atoms with Crippen LogP contribution < -0.4 is 0 Å². The van der Waals surface area contributed by atoms with E-state index in [0.717, 1.165) is 39.5 Å². The molecule has 9 aromatic rings. The van der Waals surface area contributed by atoms with Crippen LogP contribution >= 0.6 is 0 Å². The van der Waals surface area contributed by atoms with Crippen LogP contribution in [0.15, 0.2) is 182 Å². The maximum absolute atomic E-state index is 5.09. The van der Waals surface area contributed by atoms with Crippen LogP contribution in [0.4, 0.5) is 0 Å². The number of hydrogen-bond donors (Lipinski definition) is 0. The van der Waals surface area contributed by atoms with E-state index in [0.29, 0.717) is 0 Å². The summed E-state index contributed by atoms with van der Waals surface area (Å²) in [4.78, 5) is 14.5. The van der Waals surface area contributed by atoms with Gasteiger partial charge in [0.15, 0.2) is 0 Å². The lowest BCUT2D eigenvalue weighted by molar-refractivity contribution is 0.769. The Balaban J connectivity index is 1.31. The maximum Gasteiger partial charge on any atom is 0.0915 e. The molecule has 0 bridgehead atoms. The zero-order valence-electron chi connectivity index (χ0n) is 27.1. The summed E-state index contributed by atoms with van der Waals surface area (Å²) < 4.78 is 2.39. The monoisotopic (exact) mass is 638 g/mol. The van der Waals surface area contributed by atoms with Gasteiger partial charge in [0.05, 0.1) is 44.9 Å². The fourth-order valence-electron chi connectivity index (χ4n) is 8.13. The largest absolute Gasteiger partial charge is 0.309 e. The Morgan fingerprint density at radius 2 is 0.960 bits per heavy atom. The predicted molar refractivity (Wildman–Crippen MR) is 202 cm³/mol. The van der Waals surface area contributed by atoms with Crippen LogP contribution in [0.25, 0.3) is 61.4 Å². The first-order valence-electron chi connectivity index (χ1n) is 16.9. The van der Waals surface area contributed by atoms with Gasteiger partial charge in [0.25, 0.3) is 0 Å². The summed E-state index contributed by atoms with van der Waals surface area (Å²) in [5, 5.41) is 2.40. The first kappa shape index (κ1) is 28.4. The van der Waals surface area contributed by atoms with Gasteiger partial charge in [0, 0.05) is 23.2 Å². The summed E-state index contributed by atoms with van der Waals surface area (Å²) in [6.45, 7) is 0. The second kappa shape index (κ2) is 11.2. The smallest absolute Gasteiger partial charge is 0.0915 e. The predicted octanol–water partition coefficient (Wildman–Crippen LogP) is 10.7. The Bertz CT molecular complexity index is 2590. The van der Waals surface area contributed by atoms with Gasteiger partial charge in [0.1, 0.15) is 0 Å². The van der Waals surface area contributed by atoms with Crippen molar-refractivity contribution in [2.45, 2.75) is 5.41 Å². The van der Waals surface area contributed by atoms with Crippen LogP contribution in [0.2, 0.25) is 0 Å². The standard InChI is InChI=1S/C46H30N4/c1-2-14-31(15-3-1)46(38-19-7-4-16-34(38)35-17-5-8-20-39(35)46)32-24-25-37-36-18-6-9-23-44(36)50(45(37)28-32)33-29-42(40-21-10-12-26-47-40)49-43(30-33)41-22-11-13-27-48-41/h1-30H. The molecule has 5 aromatic carbocycles. The average Bonchev–Trinajstić information content (AvgIpc) is 3.69. The summed E-state index contributed by atoms with van der Waals surface area (Å²) in [5.74, 6) is 0. The van der Waals surface area contributed by atoms with Crippen LogP contribution in [0.1, 0.15) is 22.3 Å². The first-order chi connectivity index (χ1) is 24.8. The maximum atomic E-state index is 5.09. The van der Waals surface area contributed by atoms with Crippen LogP contribution in [0, 0.1) is 0 Å². The van der Waals surface area contributed by atoms with Crippen molar-refractivity contribution in [3.63, 3.8) is 0 Å². The van der Waals surface area contributed by atoms with Gasteiger partial charge < -0.3 is 4.57 Å². The van der Waals surface area contributed by atoms with Gasteiger partial charge in [-0.15, -0.1) is 0 Å². The van der Waals surface area contributed by atoms with Crippen molar-refractivity contribution in [3.05, 3.63) is 205 Å². The molecule has 0 radical (unpaired) electrons. The number of benzene rings is 5. The molecule has 4 heteroatoms. The molecule has 0 saturated heterocycles. The molecule has 0 N–H and O–H groups in total. The van der Waals surface area contributed by atoms with Crippen LogP contribution in [0.5, 0.6) is 0 Å². The third-order valence-corrected chi connectivity index (χ3v) is 10.2. The highest BCUT2D eigenvalue weighted by molar-refractivity contribution is 6.10. The van der Waals surface area contributed by atoms with Crippen molar-refractivity contribution in [3.8, 4) is 39.6 Å². The van der Waals surface area contributed by atoms with Gasteiger partial charge >= 0.3 is 0 Å². The van der Waals surface area contributed by atoms with E-state index < -0.39 is 5.41 Å². The molecule has 0 saturated carbocycles. The molecule has 0 fully saturated rings. The first-order valence-corrected chi connectivity index (χ1v) is 16.9. The molecule has 1 aliphatic rings. The fourth-order valence-corrected chi connectivity index (χ4v) is 8.13. The third-order valence-electron chi connectivity index (χ3n) is 10.2. The average molecular weight is 639 g/mol. The van der Waals surface area contributed by atoms with Crippen molar-refractivity contribution in [2.75, 3.05) is 0 Å². The minimum Gasteiger partial charge on any atom is -0.309 e.